The van der Waals surface area contributed by atoms with Crippen molar-refractivity contribution in [1.29, 1.82) is 0 Å². The molecule has 0 fully saturated rings. The van der Waals surface area contributed by atoms with Gasteiger partial charge in [-0.2, -0.15) is 0 Å². The molecule has 1 atom stereocenters. The van der Waals surface area contributed by atoms with Crippen molar-refractivity contribution >= 4 is 5.78 Å². The summed E-state index contributed by atoms with van der Waals surface area (Å²) in [5, 5.41) is 0. The van der Waals surface area contributed by atoms with Crippen molar-refractivity contribution in [3.8, 4) is 0 Å². The zero-order valence-electron chi connectivity index (χ0n) is 7.25. The number of hydrogen-bond donors (Lipinski definition) is 0. The molecule has 0 N–H and O–H groups in total. The summed E-state index contributed by atoms with van der Waals surface area (Å²) in [6, 6.07) is 0. The van der Waals surface area contributed by atoms with Crippen molar-refractivity contribution in [1.82, 2.24) is 0 Å². The summed E-state index contributed by atoms with van der Waals surface area (Å²) in [7, 11) is 0. The Balaban J connectivity index is 2.59. The van der Waals surface area contributed by atoms with Gasteiger partial charge in [0.05, 0.1) is 0 Å². The number of carbonyl (C=O) groups is 1. The van der Waals surface area contributed by atoms with Gasteiger partial charge in [-0.3, -0.25) is 4.79 Å². The molecule has 1 nitrogen and oxygen atoms in total. The molecule has 0 amide bonds. The first-order valence-corrected chi connectivity index (χ1v) is 4.22. The summed E-state index contributed by atoms with van der Waals surface area (Å²) in [6.45, 7) is 7.28. The highest BCUT2D eigenvalue weighted by molar-refractivity contribution is 5.88. The largest absolute Gasteiger partial charge is 0.299 e. The van der Waals surface area contributed by atoms with Crippen molar-refractivity contribution in [2.45, 2.75) is 19.3 Å². The smallest absolute Gasteiger partial charge is 0.144 e. The second-order valence-corrected chi connectivity index (χ2v) is 3.09. The van der Waals surface area contributed by atoms with Gasteiger partial charge in [0.1, 0.15) is 5.78 Å². The minimum absolute atomic E-state index is 0.0949. The first-order valence-electron chi connectivity index (χ1n) is 4.22. The van der Waals surface area contributed by atoms with Crippen molar-refractivity contribution in [3.63, 3.8) is 0 Å². The molecule has 0 heterocycles. The van der Waals surface area contributed by atoms with Crippen LogP contribution in [0.1, 0.15) is 19.3 Å². The Labute approximate surface area is 73.5 Å². The Morgan fingerprint density at radius 3 is 2.83 bits per heavy atom. The second-order valence-electron chi connectivity index (χ2n) is 3.09. The summed E-state index contributed by atoms with van der Waals surface area (Å²) in [5.74, 6) is 0.421. The fourth-order valence-corrected chi connectivity index (χ4v) is 1.50. The van der Waals surface area contributed by atoms with Gasteiger partial charge in [-0.1, -0.05) is 23.8 Å². The summed E-state index contributed by atoms with van der Waals surface area (Å²) in [5.41, 5.74) is 1.21. The molecule has 0 spiro atoms. The molecule has 0 aromatic rings. The van der Waals surface area contributed by atoms with Crippen molar-refractivity contribution in [2.75, 3.05) is 0 Å². The third-order valence-corrected chi connectivity index (χ3v) is 2.08. The molecule has 0 radical (unpaired) electrons. The Morgan fingerprint density at radius 1 is 1.50 bits per heavy atom. The molecule has 0 bridgehead atoms. The normalized spacial score (nSPS) is 22.2. The van der Waals surface area contributed by atoms with Gasteiger partial charge in [0.2, 0.25) is 0 Å². The lowest BCUT2D eigenvalue weighted by atomic mass is 10.0. The average Bonchev–Trinajstić information content (AvgIpc) is 2.34. The lowest BCUT2D eigenvalue weighted by Crippen LogP contribution is -2.04. The molecule has 0 aromatic heterocycles. The van der Waals surface area contributed by atoms with Gasteiger partial charge in [0, 0.05) is 12.3 Å². The molecule has 1 unspecified atom stereocenters. The van der Waals surface area contributed by atoms with Crippen LogP contribution < -0.4 is 0 Å². The van der Waals surface area contributed by atoms with Gasteiger partial charge in [-0.25, -0.2) is 0 Å². The average molecular weight is 162 g/mol. The Bertz CT molecular complexity index is 235. The van der Waals surface area contributed by atoms with Crippen LogP contribution in [0.15, 0.2) is 37.0 Å². The highest BCUT2D eigenvalue weighted by atomic mass is 16.1. The van der Waals surface area contributed by atoms with Crippen LogP contribution in [0, 0.1) is 5.92 Å². The van der Waals surface area contributed by atoms with E-state index in [0.29, 0.717) is 12.2 Å². The Hall–Kier alpha value is -1.11. The number of allylic oxidation sites excluding steroid dienone is 4. The SMILES string of the molecule is C=CCC1=CC(CC=C)C(=O)C1. The Morgan fingerprint density at radius 2 is 2.25 bits per heavy atom. The van der Waals surface area contributed by atoms with Crippen molar-refractivity contribution < 1.29 is 4.79 Å². The van der Waals surface area contributed by atoms with Gasteiger partial charge in [0.15, 0.2) is 0 Å². The molecule has 0 aliphatic heterocycles. The second kappa shape index (κ2) is 4.05. The van der Waals surface area contributed by atoms with E-state index in [-0.39, 0.29) is 5.92 Å². The summed E-state index contributed by atoms with van der Waals surface area (Å²) in [4.78, 5) is 11.3. The molecule has 1 rings (SSSR count). The zero-order chi connectivity index (χ0) is 8.97. The third kappa shape index (κ3) is 1.94. The maximum absolute atomic E-state index is 11.3. The predicted molar refractivity (Wildman–Crippen MR) is 50.8 cm³/mol. The van der Waals surface area contributed by atoms with Gasteiger partial charge in [0.25, 0.3) is 0 Å². The molecule has 0 saturated carbocycles. The van der Waals surface area contributed by atoms with Gasteiger partial charge in [-0.05, 0) is 12.8 Å². The van der Waals surface area contributed by atoms with Gasteiger partial charge < -0.3 is 0 Å². The summed E-state index contributed by atoms with van der Waals surface area (Å²) < 4.78 is 0. The lowest BCUT2D eigenvalue weighted by molar-refractivity contribution is -0.120. The monoisotopic (exact) mass is 162 g/mol. The molecule has 0 saturated heterocycles. The van der Waals surface area contributed by atoms with E-state index in [0.717, 1.165) is 12.8 Å². The quantitative estimate of drug-likeness (QED) is 0.581. The highest BCUT2D eigenvalue weighted by Crippen LogP contribution is 2.25. The molecular weight excluding hydrogens is 148 g/mol. The number of Topliss-reactive ketones (excluding diaryl/α,β-unsaturated/α-hetero) is 1. The topological polar surface area (TPSA) is 17.1 Å². The van der Waals surface area contributed by atoms with E-state index in [9.17, 15) is 4.79 Å². The van der Waals surface area contributed by atoms with E-state index < -0.39 is 0 Å². The number of ketones is 1. The summed E-state index contributed by atoms with van der Waals surface area (Å²) in [6.07, 6.45) is 7.94. The number of carbonyl (C=O) groups excluding carboxylic acids is 1. The zero-order valence-corrected chi connectivity index (χ0v) is 7.25. The van der Waals surface area contributed by atoms with Crippen LogP contribution in [0.5, 0.6) is 0 Å². The van der Waals surface area contributed by atoms with E-state index in [1.165, 1.54) is 5.57 Å². The highest BCUT2D eigenvalue weighted by Gasteiger charge is 2.22. The minimum Gasteiger partial charge on any atom is -0.299 e. The van der Waals surface area contributed by atoms with Crippen molar-refractivity contribution in [3.05, 3.63) is 37.0 Å². The van der Waals surface area contributed by atoms with Crippen LogP contribution in [-0.2, 0) is 4.79 Å². The predicted octanol–water partition coefficient (Wildman–Crippen LogP) is 2.65. The molecule has 1 heteroatoms. The van der Waals surface area contributed by atoms with E-state index >= 15 is 0 Å². The molecular formula is C11H14O. The first kappa shape index (κ1) is 8.98. The van der Waals surface area contributed by atoms with Gasteiger partial charge >= 0.3 is 0 Å². The fraction of sp³-hybridized carbons (Fsp3) is 0.364. The minimum atomic E-state index is 0.0949. The first-order chi connectivity index (χ1) is 5.77. The lowest BCUT2D eigenvalue weighted by Gasteiger charge is -1.98. The fourth-order valence-electron chi connectivity index (χ4n) is 1.50. The van der Waals surface area contributed by atoms with E-state index in [1.807, 2.05) is 6.08 Å². The molecule has 64 valence electrons. The van der Waals surface area contributed by atoms with Crippen LogP contribution in [-0.4, -0.2) is 5.78 Å². The molecule has 0 aromatic carbocycles. The number of rotatable bonds is 4. The Kier molecular flexibility index (Phi) is 3.03. The van der Waals surface area contributed by atoms with Crippen LogP contribution in [0.2, 0.25) is 0 Å². The van der Waals surface area contributed by atoms with Crippen LogP contribution >= 0.6 is 0 Å². The van der Waals surface area contributed by atoms with Crippen LogP contribution in [0.4, 0.5) is 0 Å². The molecule has 12 heavy (non-hydrogen) atoms. The molecule has 1 aliphatic carbocycles. The third-order valence-electron chi connectivity index (χ3n) is 2.08. The number of hydrogen-bond acceptors (Lipinski definition) is 1. The standard InChI is InChI=1S/C11H14O/c1-3-5-9-7-10(6-4-2)11(12)8-9/h3-4,7,10H,1-2,5-6,8H2. The summed E-state index contributed by atoms with van der Waals surface area (Å²) >= 11 is 0. The maximum atomic E-state index is 11.3. The van der Waals surface area contributed by atoms with Crippen LogP contribution in [0.25, 0.3) is 0 Å². The van der Waals surface area contributed by atoms with E-state index in [2.05, 4.69) is 19.2 Å². The van der Waals surface area contributed by atoms with Crippen molar-refractivity contribution in [2.24, 2.45) is 5.92 Å². The van der Waals surface area contributed by atoms with E-state index in [1.54, 1.807) is 6.08 Å². The van der Waals surface area contributed by atoms with Gasteiger partial charge in [-0.15, -0.1) is 13.2 Å². The molecule has 1 aliphatic rings. The van der Waals surface area contributed by atoms with E-state index in [4.69, 9.17) is 0 Å². The van der Waals surface area contributed by atoms with Crippen LogP contribution in [0.3, 0.4) is 0 Å². The maximum Gasteiger partial charge on any atom is 0.144 e.